The molecule has 2 nitrogen and oxygen atoms in total. The van der Waals surface area contributed by atoms with Crippen LogP contribution in [-0.2, 0) is 4.79 Å². The van der Waals surface area contributed by atoms with E-state index >= 15 is 0 Å². The summed E-state index contributed by atoms with van der Waals surface area (Å²) in [6.45, 7) is 0. The molecule has 27 heavy (non-hydrogen) atoms. The van der Waals surface area contributed by atoms with Crippen molar-refractivity contribution in [3.8, 4) is 0 Å². The minimum atomic E-state index is -1.99. The van der Waals surface area contributed by atoms with Gasteiger partial charge in [-0.25, -0.2) is 0 Å². The molecule has 3 rings (SSSR count). The van der Waals surface area contributed by atoms with Gasteiger partial charge in [-0.05, 0) is 36.4 Å². The number of halogens is 2. The summed E-state index contributed by atoms with van der Waals surface area (Å²) < 4.78 is 0. The summed E-state index contributed by atoms with van der Waals surface area (Å²) in [5.41, 5.74) is 0. The molecule has 0 aliphatic rings. The predicted molar refractivity (Wildman–Crippen MR) is 124 cm³/mol. The SMILES string of the molecule is Br.O=C(O)CC[P+](c1ccccc1)(c1ccccc1)c1ccccc1.P.[Br-]. The third-order valence-electron chi connectivity index (χ3n) is 4.25. The van der Waals surface area contributed by atoms with Crippen LogP contribution in [0.4, 0.5) is 0 Å². The lowest BCUT2D eigenvalue weighted by atomic mass is 10.4. The Kier molecular flexibility index (Phi) is 11.9. The number of hydrogen-bond donors (Lipinski definition) is 1. The van der Waals surface area contributed by atoms with E-state index in [-0.39, 0.29) is 50.3 Å². The molecule has 6 heteroatoms. The summed E-state index contributed by atoms with van der Waals surface area (Å²) in [7, 11) is -1.99. The summed E-state index contributed by atoms with van der Waals surface area (Å²) in [4.78, 5) is 11.4. The third kappa shape index (κ3) is 5.96. The van der Waals surface area contributed by atoms with E-state index in [4.69, 9.17) is 0 Å². The molecular weight excluding hydrogens is 506 g/mol. The van der Waals surface area contributed by atoms with Crippen LogP contribution >= 0.6 is 34.1 Å². The van der Waals surface area contributed by atoms with Crippen LogP contribution in [0, 0.1) is 0 Å². The Morgan fingerprint density at radius 2 is 1.00 bits per heavy atom. The molecule has 1 N–H and O–H groups in total. The highest BCUT2D eigenvalue weighted by molar-refractivity contribution is 8.93. The van der Waals surface area contributed by atoms with Crippen molar-refractivity contribution in [2.45, 2.75) is 6.42 Å². The molecule has 1 atom stereocenters. The van der Waals surface area contributed by atoms with Crippen molar-refractivity contribution in [2.75, 3.05) is 6.16 Å². The van der Waals surface area contributed by atoms with Crippen molar-refractivity contribution in [1.29, 1.82) is 0 Å². The number of aliphatic carboxylic acids is 1. The number of hydrogen-bond acceptors (Lipinski definition) is 1. The maximum atomic E-state index is 11.4. The Bertz CT molecular complexity index is 704. The molecule has 0 aromatic heterocycles. The highest BCUT2D eigenvalue weighted by Gasteiger charge is 2.45. The Morgan fingerprint density at radius 1 is 0.704 bits per heavy atom. The second kappa shape index (κ2) is 12.4. The van der Waals surface area contributed by atoms with Crippen LogP contribution in [0.25, 0.3) is 0 Å². The van der Waals surface area contributed by atoms with Gasteiger partial charge in [0.15, 0.2) is 0 Å². The van der Waals surface area contributed by atoms with Crippen LogP contribution in [0.15, 0.2) is 91.0 Å². The second-order valence-electron chi connectivity index (χ2n) is 5.68. The van der Waals surface area contributed by atoms with Gasteiger partial charge in [-0.3, -0.25) is 4.79 Å². The fourth-order valence-corrected chi connectivity index (χ4v) is 7.38. The number of benzene rings is 3. The molecule has 0 bridgehead atoms. The fraction of sp³-hybridized carbons (Fsp3) is 0.0952. The Morgan fingerprint density at radius 3 is 1.26 bits per heavy atom. The van der Waals surface area contributed by atoms with Gasteiger partial charge in [0.25, 0.3) is 0 Å². The highest BCUT2D eigenvalue weighted by Crippen LogP contribution is 2.55. The maximum Gasteiger partial charge on any atom is 0.307 e. The Hall–Kier alpha value is -1.05. The van der Waals surface area contributed by atoms with Crippen molar-refractivity contribution >= 4 is 56.0 Å². The highest BCUT2D eigenvalue weighted by atomic mass is 79.9. The van der Waals surface area contributed by atoms with Gasteiger partial charge in [-0.15, -0.1) is 17.0 Å². The van der Waals surface area contributed by atoms with Crippen molar-refractivity contribution in [1.82, 2.24) is 0 Å². The topological polar surface area (TPSA) is 37.3 Å². The van der Waals surface area contributed by atoms with Crippen molar-refractivity contribution in [2.24, 2.45) is 0 Å². The van der Waals surface area contributed by atoms with Crippen molar-refractivity contribution in [3.05, 3.63) is 91.0 Å². The molecule has 1 unspecified atom stereocenters. The van der Waals surface area contributed by atoms with E-state index in [0.29, 0.717) is 6.16 Å². The summed E-state index contributed by atoms with van der Waals surface area (Å²) in [5, 5.41) is 13.0. The van der Waals surface area contributed by atoms with Crippen LogP contribution in [-0.4, -0.2) is 17.2 Å². The maximum absolute atomic E-state index is 11.4. The van der Waals surface area contributed by atoms with E-state index in [1.165, 1.54) is 15.9 Å². The van der Waals surface area contributed by atoms with Crippen LogP contribution in [0.3, 0.4) is 0 Å². The lowest BCUT2D eigenvalue weighted by molar-refractivity contribution is -0.136. The average Bonchev–Trinajstić information content (AvgIpc) is 2.65. The van der Waals surface area contributed by atoms with Gasteiger partial charge in [0, 0.05) is 0 Å². The Labute approximate surface area is 185 Å². The molecule has 3 aromatic rings. The van der Waals surface area contributed by atoms with Gasteiger partial charge in [-0.1, -0.05) is 54.6 Å². The first-order chi connectivity index (χ1) is 11.7. The molecule has 0 saturated heterocycles. The van der Waals surface area contributed by atoms with E-state index in [0.717, 1.165) is 0 Å². The number of rotatable bonds is 6. The van der Waals surface area contributed by atoms with Crippen molar-refractivity contribution < 1.29 is 26.9 Å². The smallest absolute Gasteiger partial charge is 0.307 e. The average molecular weight is 530 g/mol. The molecule has 144 valence electrons. The molecule has 0 radical (unpaired) electrons. The number of carboxylic acid groups (broad SMARTS) is 1. The van der Waals surface area contributed by atoms with Crippen molar-refractivity contribution in [3.63, 3.8) is 0 Å². The van der Waals surface area contributed by atoms with Crippen LogP contribution in [0.1, 0.15) is 6.42 Å². The zero-order valence-electron chi connectivity index (χ0n) is 14.9. The molecular formula is C21H24Br2O2P2. The fourth-order valence-electron chi connectivity index (χ4n) is 3.15. The van der Waals surface area contributed by atoms with Crippen LogP contribution < -0.4 is 32.9 Å². The van der Waals surface area contributed by atoms with E-state index < -0.39 is 13.2 Å². The summed E-state index contributed by atoms with van der Waals surface area (Å²) in [5.74, 6) is -0.748. The van der Waals surface area contributed by atoms with E-state index in [2.05, 4.69) is 36.4 Å². The first-order valence-electron chi connectivity index (χ1n) is 8.00. The zero-order chi connectivity index (χ0) is 16.8. The molecule has 0 aliphatic carbocycles. The lowest BCUT2D eigenvalue weighted by Gasteiger charge is -2.27. The minimum Gasteiger partial charge on any atom is -1.00 e. The largest absolute Gasteiger partial charge is 1.00 e. The summed E-state index contributed by atoms with van der Waals surface area (Å²) in [6.07, 6.45) is 0.785. The zero-order valence-corrected chi connectivity index (χ0v) is 20.5. The molecule has 0 amide bonds. The first kappa shape index (κ1) is 26.0. The molecule has 0 fully saturated rings. The molecule has 3 aromatic carbocycles. The van der Waals surface area contributed by atoms with Gasteiger partial charge in [0.2, 0.25) is 0 Å². The second-order valence-corrected chi connectivity index (χ2v) is 9.30. The molecule has 0 heterocycles. The first-order valence-corrected chi connectivity index (χ1v) is 9.97. The standard InChI is InChI=1S/C21H19O2P.2BrH.H3P/c22-21(23)16-17-24(18-10-4-1-5-11-18,19-12-6-2-7-13-19)20-14-8-3-9-15-20;;;/h1-15H,16-17H2;2*1H;1H3. The van der Waals surface area contributed by atoms with Gasteiger partial charge < -0.3 is 22.1 Å². The quantitative estimate of drug-likeness (QED) is 0.486. The van der Waals surface area contributed by atoms with E-state index in [1.807, 2.05) is 54.6 Å². The third-order valence-corrected chi connectivity index (χ3v) is 8.69. The van der Waals surface area contributed by atoms with Crippen LogP contribution in [0.5, 0.6) is 0 Å². The summed E-state index contributed by atoms with van der Waals surface area (Å²) in [6, 6.07) is 31.1. The number of carboxylic acids is 1. The Balaban J connectivity index is 0.00000225. The lowest BCUT2D eigenvalue weighted by Crippen LogP contribution is -3.00. The molecule has 0 spiro atoms. The number of carbonyl (C=O) groups is 1. The van der Waals surface area contributed by atoms with E-state index in [9.17, 15) is 9.90 Å². The van der Waals surface area contributed by atoms with Gasteiger partial charge in [0.05, 0.1) is 12.6 Å². The van der Waals surface area contributed by atoms with Crippen LogP contribution in [0.2, 0.25) is 0 Å². The molecule has 0 saturated carbocycles. The molecule has 0 aliphatic heterocycles. The minimum absolute atomic E-state index is 0. The van der Waals surface area contributed by atoms with Gasteiger partial charge in [-0.2, -0.15) is 9.90 Å². The summed E-state index contributed by atoms with van der Waals surface area (Å²) >= 11 is 0. The van der Waals surface area contributed by atoms with Gasteiger partial charge in [0.1, 0.15) is 23.2 Å². The van der Waals surface area contributed by atoms with Gasteiger partial charge >= 0.3 is 5.97 Å². The monoisotopic (exact) mass is 528 g/mol. The normalized spacial score (nSPS) is 9.93. The predicted octanol–water partition coefficient (Wildman–Crippen LogP) is 1.10. The van der Waals surface area contributed by atoms with E-state index in [1.54, 1.807) is 0 Å².